The van der Waals surface area contributed by atoms with Gasteiger partial charge < -0.3 is 4.84 Å². The monoisotopic (exact) mass is 237 g/mol. The van der Waals surface area contributed by atoms with E-state index in [4.69, 9.17) is 4.84 Å². The van der Waals surface area contributed by atoms with Crippen molar-refractivity contribution < 1.29 is 13.9 Å². The van der Waals surface area contributed by atoms with Crippen molar-refractivity contribution in [3.05, 3.63) is 56.7 Å². The zero-order chi connectivity index (χ0) is 12.1. The lowest BCUT2D eigenvalue weighted by Crippen LogP contribution is -2.14. The summed E-state index contributed by atoms with van der Waals surface area (Å²) >= 11 is 0. The lowest BCUT2D eigenvalue weighted by Gasteiger charge is -2.01. The molecule has 2 aromatic rings. The minimum Gasteiger partial charge on any atom is -0.357 e. The zero-order valence-corrected chi connectivity index (χ0v) is 9.00. The van der Waals surface area contributed by atoms with Gasteiger partial charge >= 0.3 is 11.3 Å². The van der Waals surface area contributed by atoms with Crippen LogP contribution in [-0.2, 0) is 6.42 Å². The molecule has 0 unspecified atom stereocenters. The molecule has 1 aromatic carbocycles. The first-order valence-corrected chi connectivity index (χ1v) is 5.17. The van der Waals surface area contributed by atoms with Gasteiger partial charge in [0, 0.05) is 0 Å². The maximum Gasteiger partial charge on any atom is 0.449 e. The summed E-state index contributed by atoms with van der Waals surface area (Å²) in [4.78, 5) is 26.2. The summed E-state index contributed by atoms with van der Waals surface area (Å²) in [6.45, 7) is 0.287. The van der Waals surface area contributed by atoms with E-state index in [1.807, 2.05) is 30.3 Å². The second-order valence-electron chi connectivity index (χ2n) is 3.40. The highest BCUT2D eigenvalue weighted by Crippen LogP contribution is 2.01. The van der Waals surface area contributed by atoms with Crippen LogP contribution in [0.3, 0.4) is 0 Å². The van der Waals surface area contributed by atoms with Crippen molar-refractivity contribution in [1.82, 2.24) is 5.08 Å². The Hall–Kier alpha value is -2.24. The maximum atomic E-state index is 10.6. The Morgan fingerprint density at radius 3 is 2.35 bits per heavy atom. The van der Waals surface area contributed by atoms with E-state index in [1.165, 1.54) is 5.56 Å². The van der Waals surface area contributed by atoms with Crippen LogP contribution in [0.1, 0.15) is 12.0 Å². The number of benzene rings is 1. The van der Waals surface area contributed by atoms with Crippen LogP contribution in [0.4, 0.5) is 0 Å². The third-order valence-corrected chi connectivity index (χ3v) is 2.13. The van der Waals surface area contributed by atoms with Crippen molar-refractivity contribution in [3.63, 3.8) is 0 Å². The molecule has 0 aliphatic carbocycles. The van der Waals surface area contributed by atoms with E-state index >= 15 is 0 Å². The van der Waals surface area contributed by atoms with Gasteiger partial charge in [-0.2, -0.15) is 0 Å². The van der Waals surface area contributed by atoms with Gasteiger partial charge in [0.15, 0.2) is 0 Å². The van der Waals surface area contributed by atoms with E-state index in [0.717, 1.165) is 12.8 Å². The highest BCUT2D eigenvalue weighted by molar-refractivity contribution is 5.14. The van der Waals surface area contributed by atoms with E-state index in [-0.39, 0.29) is 6.61 Å². The summed E-state index contributed by atoms with van der Waals surface area (Å²) in [5.74, 6) is 0. The smallest absolute Gasteiger partial charge is 0.357 e. The fraction of sp³-hybridized carbons (Fsp3) is 0.273. The van der Waals surface area contributed by atoms with E-state index in [0.29, 0.717) is 5.08 Å². The second-order valence-corrected chi connectivity index (χ2v) is 3.40. The molecule has 0 N–H and O–H groups in total. The lowest BCUT2D eigenvalue weighted by atomic mass is 10.1. The van der Waals surface area contributed by atoms with Crippen LogP contribution in [0.2, 0.25) is 0 Å². The fourth-order valence-electron chi connectivity index (χ4n) is 1.34. The van der Waals surface area contributed by atoms with E-state index in [9.17, 15) is 9.59 Å². The van der Waals surface area contributed by atoms with Crippen LogP contribution in [0.25, 0.3) is 0 Å². The molecule has 0 atom stereocenters. The summed E-state index contributed by atoms with van der Waals surface area (Å²) in [6.07, 6.45) is 1.55. The number of nitrogens with zero attached hydrogens (tertiary/aromatic N) is 1. The van der Waals surface area contributed by atoms with Gasteiger partial charge in [-0.25, -0.2) is 9.59 Å². The standard InChI is InChI=1S/C11H11NO5/c13-10-11(14)17-12(16-10)15-8-4-7-9-5-2-1-3-6-9/h1-3,5-6H,4,7-8H2. The number of rotatable bonds is 5. The third-order valence-electron chi connectivity index (χ3n) is 2.13. The van der Waals surface area contributed by atoms with Crippen LogP contribution in [0, 0.1) is 0 Å². The first-order valence-electron chi connectivity index (χ1n) is 5.17. The van der Waals surface area contributed by atoms with Crippen molar-refractivity contribution in [2.24, 2.45) is 0 Å². The van der Waals surface area contributed by atoms with Crippen molar-refractivity contribution in [1.29, 1.82) is 0 Å². The average Bonchev–Trinajstić information content (AvgIpc) is 2.66. The molecule has 1 aromatic heterocycles. The van der Waals surface area contributed by atoms with E-state index in [1.54, 1.807) is 0 Å². The Labute approximate surface area is 95.9 Å². The SMILES string of the molecule is O=c1on(OCCCc2ccccc2)oc1=O. The molecule has 0 amide bonds. The molecular weight excluding hydrogens is 226 g/mol. The quantitative estimate of drug-likeness (QED) is 0.557. The van der Waals surface area contributed by atoms with Crippen LogP contribution < -0.4 is 16.1 Å². The maximum absolute atomic E-state index is 10.6. The number of hydrogen-bond donors (Lipinski definition) is 0. The molecule has 1 heterocycles. The Balaban J connectivity index is 1.77. The van der Waals surface area contributed by atoms with E-state index in [2.05, 4.69) is 9.05 Å². The van der Waals surface area contributed by atoms with Crippen LogP contribution in [0.15, 0.2) is 49.0 Å². The summed E-state index contributed by atoms with van der Waals surface area (Å²) in [5, 5.41) is 0.440. The van der Waals surface area contributed by atoms with Gasteiger partial charge in [-0.05, 0) is 18.4 Å². The first kappa shape index (κ1) is 11.3. The number of aryl methyl sites for hydroxylation is 1. The number of aromatic nitrogens is 1. The van der Waals surface area contributed by atoms with E-state index < -0.39 is 11.3 Å². The average molecular weight is 237 g/mol. The molecule has 0 aliphatic rings. The predicted molar refractivity (Wildman–Crippen MR) is 57.7 cm³/mol. The molecule has 0 fully saturated rings. The fourth-order valence-corrected chi connectivity index (χ4v) is 1.34. The minimum absolute atomic E-state index is 0.287. The second kappa shape index (κ2) is 5.20. The molecule has 0 bridgehead atoms. The van der Waals surface area contributed by atoms with Gasteiger partial charge in [0.1, 0.15) is 11.7 Å². The first-order chi connectivity index (χ1) is 8.25. The normalized spacial score (nSPS) is 10.4. The molecule has 0 saturated carbocycles. The Morgan fingerprint density at radius 2 is 1.71 bits per heavy atom. The summed E-state index contributed by atoms with van der Waals surface area (Å²) < 4.78 is 8.65. The van der Waals surface area contributed by atoms with Gasteiger partial charge in [0.25, 0.3) is 0 Å². The van der Waals surface area contributed by atoms with Gasteiger partial charge in [-0.3, -0.25) is 9.05 Å². The molecule has 6 nitrogen and oxygen atoms in total. The van der Waals surface area contributed by atoms with Crippen LogP contribution in [0.5, 0.6) is 0 Å². The van der Waals surface area contributed by atoms with Crippen molar-refractivity contribution in [2.45, 2.75) is 12.8 Å². The van der Waals surface area contributed by atoms with Gasteiger partial charge in [-0.1, -0.05) is 30.3 Å². The van der Waals surface area contributed by atoms with Gasteiger partial charge in [-0.15, -0.1) is 0 Å². The van der Waals surface area contributed by atoms with Crippen LogP contribution in [-0.4, -0.2) is 11.7 Å². The summed E-state index contributed by atoms with van der Waals surface area (Å²) in [5.41, 5.74) is -0.965. The number of hydrogen-bond acceptors (Lipinski definition) is 5. The Morgan fingerprint density at radius 1 is 1.06 bits per heavy atom. The van der Waals surface area contributed by atoms with Crippen molar-refractivity contribution in [2.75, 3.05) is 6.61 Å². The van der Waals surface area contributed by atoms with Crippen LogP contribution >= 0.6 is 0 Å². The molecule has 0 radical (unpaired) electrons. The minimum atomic E-state index is -1.08. The highest BCUT2D eigenvalue weighted by Gasteiger charge is 2.04. The molecule has 6 heteroatoms. The van der Waals surface area contributed by atoms with Gasteiger partial charge in [0.2, 0.25) is 0 Å². The Bertz CT molecular complexity index is 538. The molecule has 0 saturated heterocycles. The molecule has 17 heavy (non-hydrogen) atoms. The molecule has 0 spiro atoms. The van der Waals surface area contributed by atoms with Crippen molar-refractivity contribution >= 4 is 0 Å². The molecule has 90 valence electrons. The molecular formula is C11H11NO5. The molecule has 2 rings (SSSR count). The summed E-state index contributed by atoms with van der Waals surface area (Å²) in [7, 11) is 0. The van der Waals surface area contributed by atoms with Crippen molar-refractivity contribution in [3.8, 4) is 0 Å². The zero-order valence-electron chi connectivity index (χ0n) is 9.00. The third kappa shape index (κ3) is 3.10. The largest absolute Gasteiger partial charge is 0.449 e. The molecule has 0 aliphatic heterocycles. The lowest BCUT2D eigenvalue weighted by molar-refractivity contribution is -0.145. The topological polar surface area (TPSA) is 74.6 Å². The van der Waals surface area contributed by atoms with Gasteiger partial charge in [0.05, 0.1) is 0 Å². The Kier molecular flexibility index (Phi) is 3.44. The predicted octanol–water partition coefficient (Wildman–Crippen LogP) is 0.456. The highest BCUT2D eigenvalue weighted by atomic mass is 17.0. The summed E-state index contributed by atoms with van der Waals surface area (Å²) in [6, 6.07) is 9.88.